The minimum absolute atomic E-state index is 0.152. The minimum Gasteiger partial charge on any atom is -0.374 e. The highest BCUT2D eigenvalue weighted by Crippen LogP contribution is 2.43. The van der Waals surface area contributed by atoms with Gasteiger partial charge in [0.15, 0.2) is 0 Å². The Morgan fingerprint density at radius 1 is 1.00 bits per heavy atom. The Morgan fingerprint density at radius 3 is 2.19 bits per heavy atom. The van der Waals surface area contributed by atoms with Crippen LogP contribution in [0.2, 0.25) is 0 Å². The lowest BCUT2D eigenvalue weighted by molar-refractivity contribution is -0.0862. The topological polar surface area (TPSA) is 21.3 Å². The van der Waals surface area contributed by atoms with Gasteiger partial charge in [0.05, 0.1) is 5.60 Å². The highest BCUT2D eigenvalue weighted by atomic mass is 16.5. The van der Waals surface area contributed by atoms with Crippen LogP contribution in [0.15, 0.2) is 0 Å². The van der Waals surface area contributed by atoms with Crippen LogP contribution in [0.25, 0.3) is 0 Å². The zero-order valence-electron chi connectivity index (χ0n) is 14.4. The van der Waals surface area contributed by atoms with Gasteiger partial charge in [0.2, 0.25) is 0 Å². The van der Waals surface area contributed by atoms with E-state index in [9.17, 15) is 0 Å². The average Bonchev–Trinajstić information content (AvgIpc) is 3.31. The van der Waals surface area contributed by atoms with Crippen LogP contribution in [-0.2, 0) is 4.74 Å². The maximum absolute atomic E-state index is 6.50. The molecule has 3 saturated carbocycles. The summed E-state index contributed by atoms with van der Waals surface area (Å²) in [5, 5.41) is 3.75. The molecule has 0 saturated heterocycles. The number of rotatable bonds is 7. The van der Waals surface area contributed by atoms with Crippen molar-refractivity contribution in [3.8, 4) is 0 Å². The van der Waals surface area contributed by atoms with Gasteiger partial charge in [0.1, 0.15) is 0 Å². The molecule has 2 heteroatoms. The molecular weight excluding hydrogens is 258 g/mol. The molecule has 0 aliphatic heterocycles. The van der Waals surface area contributed by atoms with E-state index in [1.807, 2.05) is 0 Å². The highest BCUT2D eigenvalue weighted by molar-refractivity contribution is 4.94. The monoisotopic (exact) mass is 293 g/mol. The van der Waals surface area contributed by atoms with Crippen molar-refractivity contribution in [2.45, 2.75) is 90.2 Å². The SMILES string of the molecule is CC(C)(C)C1CCC(CNC2CC2)(OCCC2CC2)CC1. The van der Waals surface area contributed by atoms with Gasteiger partial charge in [-0.25, -0.2) is 0 Å². The Labute approximate surface area is 131 Å². The van der Waals surface area contributed by atoms with Gasteiger partial charge in [-0.15, -0.1) is 0 Å². The first-order valence-electron chi connectivity index (χ1n) is 9.34. The molecule has 0 aromatic rings. The van der Waals surface area contributed by atoms with E-state index in [4.69, 9.17) is 4.74 Å². The normalized spacial score (nSPS) is 34.1. The Balaban J connectivity index is 1.51. The third kappa shape index (κ3) is 4.69. The fourth-order valence-electron chi connectivity index (χ4n) is 3.85. The molecule has 0 aromatic heterocycles. The van der Waals surface area contributed by atoms with Gasteiger partial charge in [0.25, 0.3) is 0 Å². The van der Waals surface area contributed by atoms with E-state index in [1.54, 1.807) is 0 Å². The summed E-state index contributed by atoms with van der Waals surface area (Å²) in [7, 11) is 0. The van der Waals surface area contributed by atoms with E-state index < -0.39 is 0 Å². The first-order chi connectivity index (χ1) is 9.97. The van der Waals surface area contributed by atoms with Crippen LogP contribution < -0.4 is 5.32 Å². The summed E-state index contributed by atoms with van der Waals surface area (Å²) in [5.74, 6) is 1.86. The molecule has 3 aliphatic rings. The zero-order valence-corrected chi connectivity index (χ0v) is 14.4. The van der Waals surface area contributed by atoms with E-state index in [2.05, 4.69) is 26.1 Å². The maximum atomic E-state index is 6.50. The standard InChI is InChI=1S/C19H35NO/c1-18(2,3)16-8-11-19(12-9-16,14-20-17-6-7-17)21-13-10-15-4-5-15/h15-17,20H,4-14H2,1-3H3. The van der Waals surface area contributed by atoms with Crippen molar-refractivity contribution in [2.24, 2.45) is 17.3 Å². The fourth-order valence-corrected chi connectivity index (χ4v) is 3.85. The second-order valence-electron chi connectivity index (χ2n) is 9.06. The zero-order chi connectivity index (χ0) is 14.9. The van der Waals surface area contributed by atoms with Crippen LogP contribution in [0.3, 0.4) is 0 Å². The molecule has 3 rings (SSSR count). The van der Waals surface area contributed by atoms with Crippen molar-refractivity contribution in [1.82, 2.24) is 5.32 Å². The van der Waals surface area contributed by atoms with Crippen molar-refractivity contribution in [2.75, 3.05) is 13.2 Å². The fraction of sp³-hybridized carbons (Fsp3) is 1.00. The molecule has 0 unspecified atom stereocenters. The molecule has 0 atom stereocenters. The van der Waals surface area contributed by atoms with Crippen LogP contribution >= 0.6 is 0 Å². The number of nitrogens with one attached hydrogen (secondary N) is 1. The van der Waals surface area contributed by atoms with Crippen LogP contribution in [0.1, 0.15) is 78.6 Å². The lowest BCUT2D eigenvalue weighted by Gasteiger charge is -2.44. The number of ether oxygens (including phenoxy) is 1. The van der Waals surface area contributed by atoms with Gasteiger partial charge in [-0.05, 0) is 62.2 Å². The summed E-state index contributed by atoms with van der Waals surface area (Å²) in [6.07, 6.45) is 12.2. The lowest BCUT2D eigenvalue weighted by atomic mass is 9.68. The van der Waals surface area contributed by atoms with E-state index >= 15 is 0 Å². The Kier molecular flexibility index (Phi) is 4.66. The van der Waals surface area contributed by atoms with Crippen LogP contribution in [0, 0.1) is 17.3 Å². The minimum atomic E-state index is 0.152. The van der Waals surface area contributed by atoms with Gasteiger partial charge < -0.3 is 10.1 Å². The second-order valence-corrected chi connectivity index (χ2v) is 9.06. The molecule has 0 heterocycles. The molecule has 0 amide bonds. The third-order valence-corrected chi connectivity index (χ3v) is 6.04. The molecule has 1 N–H and O–H groups in total. The summed E-state index contributed by atoms with van der Waals surface area (Å²) < 4.78 is 6.50. The molecule has 122 valence electrons. The predicted molar refractivity (Wildman–Crippen MR) is 88.5 cm³/mol. The van der Waals surface area contributed by atoms with Gasteiger partial charge in [-0.1, -0.05) is 33.6 Å². The number of hydrogen-bond donors (Lipinski definition) is 1. The Hall–Kier alpha value is -0.0800. The van der Waals surface area contributed by atoms with Crippen molar-refractivity contribution in [1.29, 1.82) is 0 Å². The maximum Gasteiger partial charge on any atom is 0.0806 e. The third-order valence-electron chi connectivity index (χ3n) is 6.04. The van der Waals surface area contributed by atoms with Crippen LogP contribution in [-0.4, -0.2) is 24.8 Å². The lowest BCUT2D eigenvalue weighted by Crippen LogP contribution is -2.48. The molecule has 3 fully saturated rings. The van der Waals surface area contributed by atoms with E-state index in [0.717, 1.165) is 31.0 Å². The summed E-state index contributed by atoms with van der Waals surface area (Å²) in [6, 6.07) is 0.800. The van der Waals surface area contributed by atoms with Crippen molar-refractivity contribution < 1.29 is 4.74 Å². The highest BCUT2D eigenvalue weighted by Gasteiger charge is 2.40. The Bertz CT molecular complexity index is 330. The molecule has 0 spiro atoms. The van der Waals surface area contributed by atoms with Crippen molar-refractivity contribution in [3.63, 3.8) is 0 Å². The first-order valence-corrected chi connectivity index (χ1v) is 9.34. The molecule has 0 radical (unpaired) electrons. The summed E-state index contributed by atoms with van der Waals surface area (Å²) in [6.45, 7) is 9.31. The molecular formula is C19H35NO. The summed E-state index contributed by atoms with van der Waals surface area (Å²) in [5.41, 5.74) is 0.614. The molecule has 2 nitrogen and oxygen atoms in total. The quantitative estimate of drug-likeness (QED) is 0.744. The molecule has 0 bridgehead atoms. The van der Waals surface area contributed by atoms with Gasteiger partial charge in [-0.2, -0.15) is 0 Å². The first kappa shape index (κ1) is 15.8. The van der Waals surface area contributed by atoms with Crippen LogP contribution in [0.5, 0.6) is 0 Å². The van der Waals surface area contributed by atoms with Gasteiger partial charge in [-0.3, -0.25) is 0 Å². The molecule has 3 aliphatic carbocycles. The molecule has 21 heavy (non-hydrogen) atoms. The van der Waals surface area contributed by atoms with E-state index in [1.165, 1.54) is 57.8 Å². The van der Waals surface area contributed by atoms with Crippen LogP contribution in [0.4, 0.5) is 0 Å². The number of hydrogen-bond acceptors (Lipinski definition) is 2. The van der Waals surface area contributed by atoms with E-state index in [0.29, 0.717) is 5.41 Å². The summed E-state index contributed by atoms with van der Waals surface area (Å²) >= 11 is 0. The van der Waals surface area contributed by atoms with Crippen molar-refractivity contribution in [3.05, 3.63) is 0 Å². The largest absolute Gasteiger partial charge is 0.374 e. The van der Waals surface area contributed by atoms with Gasteiger partial charge >= 0.3 is 0 Å². The second kappa shape index (κ2) is 6.20. The summed E-state index contributed by atoms with van der Waals surface area (Å²) in [4.78, 5) is 0. The van der Waals surface area contributed by atoms with Crippen molar-refractivity contribution >= 4 is 0 Å². The predicted octanol–water partition coefficient (Wildman–Crippen LogP) is 4.53. The van der Waals surface area contributed by atoms with Gasteiger partial charge in [0, 0.05) is 19.2 Å². The Morgan fingerprint density at radius 2 is 1.67 bits per heavy atom. The average molecular weight is 293 g/mol. The smallest absolute Gasteiger partial charge is 0.0806 e. The molecule has 0 aromatic carbocycles. The van der Waals surface area contributed by atoms with E-state index in [-0.39, 0.29) is 5.60 Å².